The van der Waals surface area contributed by atoms with Crippen LogP contribution in [0.3, 0.4) is 0 Å². The van der Waals surface area contributed by atoms with Crippen molar-refractivity contribution in [2.24, 2.45) is 11.8 Å². The fourth-order valence-corrected chi connectivity index (χ4v) is 3.98. The smallest absolute Gasteiger partial charge is 0.387 e. The lowest BCUT2D eigenvalue weighted by Gasteiger charge is -2.30. The fourth-order valence-electron chi connectivity index (χ4n) is 3.98. The van der Waals surface area contributed by atoms with Crippen molar-refractivity contribution in [3.8, 4) is 5.75 Å². The molecule has 0 aromatic heterocycles. The SMILES string of the molecule is O=C(c1cccc(OC(F)F)c1)N1C[C@@H](CO)[C@@H](CN2CCCCC2)C1. The van der Waals surface area contributed by atoms with E-state index in [1.807, 2.05) is 0 Å². The number of carbonyl (C=O) groups is 1. The zero-order chi connectivity index (χ0) is 18.5. The van der Waals surface area contributed by atoms with Crippen molar-refractivity contribution in [1.82, 2.24) is 9.80 Å². The van der Waals surface area contributed by atoms with Crippen LogP contribution in [0.25, 0.3) is 0 Å². The van der Waals surface area contributed by atoms with Crippen LogP contribution in [0.15, 0.2) is 24.3 Å². The first kappa shape index (κ1) is 19.0. The van der Waals surface area contributed by atoms with Crippen molar-refractivity contribution in [3.63, 3.8) is 0 Å². The molecule has 2 atom stereocenters. The number of hydrogen-bond donors (Lipinski definition) is 1. The summed E-state index contributed by atoms with van der Waals surface area (Å²) < 4.78 is 29.1. The van der Waals surface area contributed by atoms with Crippen LogP contribution < -0.4 is 4.74 Å². The minimum absolute atomic E-state index is 0.0198. The van der Waals surface area contributed by atoms with Gasteiger partial charge in [-0.2, -0.15) is 8.78 Å². The van der Waals surface area contributed by atoms with E-state index in [-0.39, 0.29) is 30.1 Å². The predicted molar refractivity (Wildman–Crippen MR) is 93.3 cm³/mol. The first-order valence-corrected chi connectivity index (χ1v) is 9.24. The standard InChI is InChI=1S/C19H26F2N2O3/c20-19(21)26-17-6-4-5-14(9-17)18(25)23-11-15(16(12-23)13-24)10-22-7-2-1-3-8-22/h4-6,9,15-16,19,24H,1-3,7-8,10-13H2/t15-,16-/m0/s1. The fraction of sp³-hybridized carbons (Fsp3) is 0.632. The van der Waals surface area contributed by atoms with Gasteiger partial charge in [0.25, 0.3) is 5.91 Å². The number of rotatable bonds is 6. The number of nitrogens with zero attached hydrogens (tertiary/aromatic N) is 2. The molecule has 1 aromatic carbocycles. The van der Waals surface area contributed by atoms with E-state index in [1.165, 1.54) is 37.5 Å². The molecule has 0 radical (unpaired) electrons. The van der Waals surface area contributed by atoms with Crippen molar-refractivity contribution in [1.29, 1.82) is 0 Å². The number of amides is 1. The molecule has 1 amide bonds. The van der Waals surface area contributed by atoms with Crippen LogP contribution in [0, 0.1) is 11.8 Å². The van der Waals surface area contributed by atoms with Crippen molar-refractivity contribution >= 4 is 5.91 Å². The van der Waals surface area contributed by atoms with Crippen LogP contribution in [-0.4, -0.2) is 66.8 Å². The second-order valence-electron chi connectivity index (χ2n) is 7.18. The molecule has 2 aliphatic rings. The highest BCUT2D eigenvalue weighted by Gasteiger charge is 2.36. The largest absolute Gasteiger partial charge is 0.435 e. The van der Waals surface area contributed by atoms with E-state index >= 15 is 0 Å². The molecule has 0 saturated carbocycles. The minimum Gasteiger partial charge on any atom is -0.435 e. The van der Waals surface area contributed by atoms with E-state index in [2.05, 4.69) is 9.64 Å². The Morgan fingerprint density at radius 3 is 2.62 bits per heavy atom. The third kappa shape index (κ3) is 4.71. The number of aliphatic hydroxyl groups is 1. The number of alkyl halides is 2. The van der Waals surface area contributed by atoms with E-state index in [0.29, 0.717) is 18.7 Å². The first-order valence-electron chi connectivity index (χ1n) is 9.24. The quantitative estimate of drug-likeness (QED) is 0.838. The number of aliphatic hydroxyl groups excluding tert-OH is 1. The number of halogens is 2. The Morgan fingerprint density at radius 1 is 1.19 bits per heavy atom. The molecule has 7 heteroatoms. The first-order chi connectivity index (χ1) is 12.6. The van der Waals surface area contributed by atoms with Gasteiger partial charge in [0, 0.05) is 37.7 Å². The summed E-state index contributed by atoms with van der Waals surface area (Å²) in [6.07, 6.45) is 3.68. The minimum atomic E-state index is -2.92. The van der Waals surface area contributed by atoms with Gasteiger partial charge in [-0.05, 0) is 50.0 Å². The average molecular weight is 368 g/mol. The number of piperidine rings is 1. The third-order valence-corrected chi connectivity index (χ3v) is 5.35. The van der Waals surface area contributed by atoms with Crippen molar-refractivity contribution in [2.75, 3.05) is 39.3 Å². The molecule has 5 nitrogen and oxygen atoms in total. The summed E-state index contributed by atoms with van der Waals surface area (Å²) in [5, 5.41) is 9.72. The number of benzene rings is 1. The lowest BCUT2D eigenvalue weighted by molar-refractivity contribution is -0.0499. The Hall–Kier alpha value is -1.73. The highest BCUT2D eigenvalue weighted by atomic mass is 19.3. The zero-order valence-corrected chi connectivity index (χ0v) is 14.8. The molecule has 2 heterocycles. The van der Waals surface area contributed by atoms with E-state index < -0.39 is 6.61 Å². The summed E-state index contributed by atoms with van der Waals surface area (Å²) >= 11 is 0. The summed E-state index contributed by atoms with van der Waals surface area (Å²) in [6.45, 7) is 1.26. The maximum atomic E-state index is 12.8. The third-order valence-electron chi connectivity index (χ3n) is 5.35. The maximum Gasteiger partial charge on any atom is 0.387 e. The van der Waals surface area contributed by atoms with E-state index in [0.717, 1.165) is 19.6 Å². The van der Waals surface area contributed by atoms with Crippen molar-refractivity contribution in [2.45, 2.75) is 25.9 Å². The molecule has 144 valence electrons. The van der Waals surface area contributed by atoms with Gasteiger partial charge in [0.2, 0.25) is 0 Å². The maximum absolute atomic E-state index is 12.8. The normalized spacial score (nSPS) is 24.2. The van der Waals surface area contributed by atoms with Gasteiger partial charge in [-0.25, -0.2) is 0 Å². The average Bonchev–Trinajstić information content (AvgIpc) is 3.04. The Kier molecular flexibility index (Phi) is 6.43. The van der Waals surface area contributed by atoms with Gasteiger partial charge in [-0.3, -0.25) is 4.79 Å². The topological polar surface area (TPSA) is 53.0 Å². The number of hydrogen-bond acceptors (Lipinski definition) is 4. The van der Waals surface area contributed by atoms with Gasteiger partial charge >= 0.3 is 6.61 Å². The molecule has 2 fully saturated rings. The van der Waals surface area contributed by atoms with Crippen LogP contribution in [0.4, 0.5) is 8.78 Å². The Morgan fingerprint density at radius 2 is 1.92 bits per heavy atom. The van der Waals surface area contributed by atoms with Gasteiger partial charge in [-0.15, -0.1) is 0 Å². The molecule has 2 saturated heterocycles. The van der Waals surface area contributed by atoms with Gasteiger partial charge in [0.15, 0.2) is 0 Å². The second-order valence-corrected chi connectivity index (χ2v) is 7.18. The van der Waals surface area contributed by atoms with Gasteiger partial charge in [-0.1, -0.05) is 12.5 Å². The molecule has 26 heavy (non-hydrogen) atoms. The molecule has 0 bridgehead atoms. The molecule has 3 rings (SSSR count). The highest BCUT2D eigenvalue weighted by Crippen LogP contribution is 2.27. The van der Waals surface area contributed by atoms with Gasteiger partial charge < -0.3 is 19.6 Å². The van der Waals surface area contributed by atoms with Crippen LogP contribution in [0.2, 0.25) is 0 Å². The Labute approximate surface area is 152 Å². The van der Waals surface area contributed by atoms with E-state index in [4.69, 9.17) is 0 Å². The molecule has 0 spiro atoms. The lowest BCUT2D eigenvalue weighted by Crippen LogP contribution is -2.37. The zero-order valence-electron chi connectivity index (χ0n) is 14.8. The summed E-state index contributed by atoms with van der Waals surface area (Å²) in [5.41, 5.74) is 0.332. The summed E-state index contributed by atoms with van der Waals surface area (Å²) in [7, 11) is 0. The summed E-state index contributed by atoms with van der Waals surface area (Å²) in [6, 6.07) is 5.89. The number of likely N-dealkylation sites (tertiary alicyclic amines) is 2. The Bertz CT molecular complexity index is 608. The Balaban J connectivity index is 1.64. The lowest BCUT2D eigenvalue weighted by atomic mass is 9.95. The molecule has 0 unspecified atom stereocenters. The second kappa shape index (κ2) is 8.77. The molecule has 2 aliphatic heterocycles. The summed E-state index contributed by atoms with van der Waals surface area (Å²) in [4.78, 5) is 16.9. The van der Waals surface area contributed by atoms with Crippen LogP contribution in [-0.2, 0) is 0 Å². The predicted octanol–water partition coefficient (Wildman–Crippen LogP) is 2.45. The molecule has 1 aromatic rings. The molecular formula is C19H26F2N2O3. The van der Waals surface area contributed by atoms with Gasteiger partial charge in [0.1, 0.15) is 5.75 Å². The van der Waals surface area contributed by atoms with Crippen LogP contribution in [0.1, 0.15) is 29.6 Å². The summed E-state index contributed by atoms with van der Waals surface area (Å²) in [5.74, 6) is 0.0712. The van der Waals surface area contributed by atoms with Crippen LogP contribution >= 0.6 is 0 Å². The van der Waals surface area contributed by atoms with Crippen molar-refractivity contribution < 1.29 is 23.4 Å². The molecule has 0 aliphatic carbocycles. The monoisotopic (exact) mass is 368 g/mol. The number of ether oxygens (including phenoxy) is 1. The van der Waals surface area contributed by atoms with E-state index in [1.54, 1.807) is 11.0 Å². The van der Waals surface area contributed by atoms with Crippen LogP contribution in [0.5, 0.6) is 5.75 Å². The van der Waals surface area contributed by atoms with Crippen molar-refractivity contribution in [3.05, 3.63) is 29.8 Å². The molecule has 1 N–H and O–H groups in total. The highest BCUT2D eigenvalue weighted by molar-refractivity contribution is 5.94. The molecular weight excluding hydrogens is 342 g/mol. The van der Waals surface area contributed by atoms with E-state index in [9.17, 15) is 18.7 Å². The van der Waals surface area contributed by atoms with Gasteiger partial charge in [0.05, 0.1) is 0 Å². The number of carbonyl (C=O) groups excluding carboxylic acids is 1.